The minimum absolute atomic E-state index is 0.0139. The molecule has 2 atom stereocenters. The van der Waals surface area contributed by atoms with Crippen molar-refractivity contribution in [2.45, 2.75) is 11.5 Å². The SMILES string of the molecule is O=S(P)c1ccccc1-c1cccc(CO)c1. The van der Waals surface area contributed by atoms with Crippen molar-refractivity contribution in [3.8, 4) is 11.1 Å². The molecule has 0 aliphatic heterocycles. The second-order valence-electron chi connectivity index (χ2n) is 3.65. The van der Waals surface area contributed by atoms with Crippen LogP contribution in [-0.4, -0.2) is 9.32 Å². The lowest BCUT2D eigenvalue weighted by Crippen LogP contribution is -1.89. The number of benzene rings is 2. The molecular formula is C13H13O2PS. The molecule has 17 heavy (non-hydrogen) atoms. The lowest BCUT2D eigenvalue weighted by molar-refractivity contribution is 0.282. The van der Waals surface area contributed by atoms with Gasteiger partial charge in [0.25, 0.3) is 0 Å². The summed E-state index contributed by atoms with van der Waals surface area (Å²) in [6, 6.07) is 15.2. The fraction of sp³-hybridized carbons (Fsp3) is 0.0769. The molecule has 2 aromatic rings. The van der Waals surface area contributed by atoms with E-state index in [0.717, 1.165) is 21.6 Å². The molecule has 0 radical (unpaired) electrons. The summed E-state index contributed by atoms with van der Waals surface area (Å²) in [6.45, 7) is 0.0139. The van der Waals surface area contributed by atoms with E-state index in [1.54, 1.807) is 0 Å². The van der Waals surface area contributed by atoms with Gasteiger partial charge < -0.3 is 5.11 Å². The molecule has 0 heterocycles. The molecule has 0 fully saturated rings. The maximum Gasteiger partial charge on any atom is 0.0688 e. The van der Waals surface area contributed by atoms with Crippen LogP contribution in [0, 0.1) is 0 Å². The first-order valence-corrected chi connectivity index (χ1v) is 7.80. The Labute approximate surface area is 105 Å². The number of aliphatic hydroxyl groups excluding tert-OH is 1. The van der Waals surface area contributed by atoms with Gasteiger partial charge >= 0.3 is 0 Å². The van der Waals surface area contributed by atoms with Crippen molar-refractivity contribution in [2.75, 3.05) is 0 Å². The van der Waals surface area contributed by atoms with Gasteiger partial charge in [0.1, 0.15) is 0 Å². The van der Waals surface area contributed by atoms with Crippen LogP contribution in [0.4, 0.5) is 0 Å². The molecule has 4 heteroatoms. The number of rotatable bonds is 3. The van der Waals surface area contributed by atoms with Crippen LogP contribution in [0.25, 0.3) is 11.1 Å². The highest BCUT2D eigenvalue weighted by Gasteiger charge is 2.07. The minimum Gasteiger partial charge on any atom is -0.392 e. The summed E-state index contributed by atoms with van der Waals surface area (Å²) >= 11 is 0. The van der Waals surface area contributed by atoms with Crippen LogP contribution in [0.5, 0.6) is 0 Å². The third kappa shape index (κ3) is 2.81. The van der Waals surface area contributed by atoms with E-state index >= 15 is 0 Å². The van der Waals surface area contributed by atoms with E-state index in [1.807, 2.05) is 48.5 Å². The van der Waals surface area contributed by atoms with Crippen molar-refractivity contribution < 1.29 is 9.32 Å². The Morgan fingerprint density at radius 1 is 1.12 bits per heavy atom. The fourth-order valence-corrected chi connectivity index (χ4v) is 2.95. The zero-order chi connectivity index (χ0) is 12.3. The van der Waals surface area contributed by atoms with Gasteiger partial charge in [-0.15, -0.1) is 0 Å². The van der Waals surface area contributed by atoms with E-state index in [4.69, 9.17) is 5.11 Å². The Hall–Kier alpha value is -1.02. The molecule has 0 saturated heterocycles. The second kappa shape index (κ2) is 5.54. The van der Waals surface area contributed by atoms with Crippen LogP contribution < -0.4 is 0 Å². The molecule has 2 rings (SSSR count). The molecular weight excluding hydrogens is 251 g/mol. The minimum atomic E-state index is -1.10. The number of hydrogen-bond acceptors (Lipinski definition) is 2. The topological polar surface area (TPSA) is 37.3 Å². The molecule has 2 unspecified atom stereocenters. The average molecular weight is 264 g/mol. The summed E-state index contributed by atoms with van der Waals surface area (Å²) in [5, 5.41) is 9.12. The van der Waals surface area contributed by atoms with Crippen LogP contribution in [0.2, 0.25) is 0 Å². The van der Waals surface area contributed by atoms with E-state index in [-0.39, 0.29) is 6.61 Å². The summed E-state index contributed by atoms with van der Waals surface area (Å²) < 4.78 is 11.6. The standard InChI is InChI=1S/C13H13O2PS/c14-9-10-4-3-5-11(8-10)12-6-1-2-7-13(12)17(15)16/h1-8,14H,9,16H2. The lowest BCUT2D eigenvalue weighted by atomic mass is 10.0. The van der Waals surface area contributed by atoms with Crippen LogP contribution in [0.1, 0.15) is 5.56 Å². The monoisotopic (exact) mass is 264 g/mol. The Morgan fingerprint density at radius 2 is 1.88 bits per heavy atom. The van der Waals surface area contributed by atoms with Crippen molar-refractivity contribution in [1.29, 1.82) is 0 Å². The van der Waals surface area contributed by atoms with Crippen molar-refractivity contribution in [3.05, 3.63) is 54.1 Å². The Morgan fingerprint density at radius 3 is 2.59 bits per heavy atom. The van der Waals surface area contributed by atoms with Gasteiger partial charge in [-0.3, -0.25) is 4.21 Å². The first-order valence-electron chi connectivity index (χ1n) is 5.17. The zero-order valence-corrected chi connectivity index (χ0v) is 11.1. The van der Waals surface area contributed by atoms with Crippen molar-refractivity contribution >= 4 is 18.9 Å². The molecule has 0 spiro atoms. The van der Waals surface area contributed by atoms with E-state index in [9.17, 15) is 4.21 Å². The highest BCUT2D eigenvalue weighted by atomic mass is 32.7. The van der Waals surface area contributed by atoms with Crippen LogP contribution >= 0.6 is 8.44 Å². The van der Waals surface area contributed by atoms with Crippen LogP contribution in [0.15, 0.2) is 53.4 Å². The maximum atomic E-state index is 11.6. The van der Waals surface area contributed by atoms with E-state index in [1.165, 1.54) is 0 Å². The zero-order valence-electron chi connectivity index (χ0n) is 9.17. The molecule has 0 amide bonds. The largest absolute Gasteiger partial charge is 0.392 e. The highest BCUT2D eigenvalue weighted by molar-refractivity contribution is 8.33. The summed E-state index contributed by atoms with van der Waals surface area (Å²) in [6.07, 6.45) is 0. The predicted octanol–water partition coefficient (Wildman–Crippen LogP) is 2.74. The molecule has 0 saturated carbocycles. The van der Waals surface area contributed by atoms with E-state index in [0.29, 0.717) is 0 Å². The molecule has 1 N–H and O–H groups in total. The smallest absolute Gasteiger partial charge is 0.0688 e. The third-order valence-corrected chi connectivity index (χ3v) is 4.08. The molecule has 2 aromatic carbocycles. The highest BCUT2D eigenvalue weighted by Crippen LogP contribution is 2.28. The quantitative estimate of drug-likeness (QED) is 0.865. The maximum absolute atomic E-state index is 11.6. The predicted molar refractivity (Wildman–Crippen MR) is 73.9 cm³/mol. The van der Waals surface area contributed by atoms with Crippen LogP contribution in [0.3, 0.4) is 0 Å². The summed E-state index contributed by atoms with van der Waals surface area (Å²) in [5.74, 6) is 0. The first-order chi connectivity index (χ1) is 8.22. The summed E-state index contributed by atoms with van der Waals surface area (Å²) in [5.41, 5.74) is 2.77. The Bertz CT molecular complexity index is 555. The van der Waals surface area contributed by atoms with Gasteiger partial charge in [0.2, 0.25) is 0 Å². The Balaban J connectivity index is 2.56. The van der Waals surface area contributed by atoms with Gasteiger partial charge in [-0.2, -0.15) is 0 Å². The number of hydrogen-bond donors (Lipinski definition) is 1. The second-order valence-corrected chi connectivity index (χ2v) is 5.97. The Kier molecular flexibility index (Phi) is 4.06. The van der Waals surface area contributed by atoms with Gasteiger partial charge in [-0.1, -0.05) is 36.4 Å². The van der Waals surface area contributed by atoms with Gasteiger partial charge in [0.15, 0.2) is 0 Å². The van der Waals surface area contributed by atoms with Crippen molar-refractivity contribution in [3.63, 3.8) is 0 Å². The van der Waals surface area contributed by atoms with E-state index in [2.05, 4.69) is 8.44 Å². The average Bonchev–Trinajstić information content (AvgIpc) is 2.39. The number of aliphatic hydroxyl groups is 1. The van der Waals surface area contributed by atoms with E-state index < -0.39 is 10.4 Å². The van der Waals surface area contributed by atoms with Gasteiger partial charge in [-0.05, 0) is 37.3 Å². The summed E-state index contributed by atoms with van der Waals surface area (Å²) in [4.78, 5) is 0.785. The molecule has 0 aliphatic carbocycles. The molecule has 0 bridgehead atoms. The third-order valence-electron chi connectivity index (χ3n) is 2.52. The molecule has 0 aliphatic rings. The van der Waals surface area contributed by atoms with Crippen molar-refractivity contribution in [2.24, 2.45) is 0 Å². The fourth-order valence-electron chi connectivity index (χ4n) is 1.72. The molecule has 88 valence electrons. The summed E-state index contributed by atoms with van der Waals surface area (Å²) in [7, 11) is 1.21. The normalized spacial score (nSPS) is 12.4. The lowest BCUT2D eigenvalue weighted by Gasteiger charge is -2.08. The van der Waals surface area contributed by atoms with Gasteiger partial charge in [0.05, 0.1) is 21.9 Å². The first kappa shape index (κ1) is 12.4. The van der Waals surface area contributed by atoms with Gasteiger partial charge in [0, 0.05) is 0 Å². The van der Waals surface area contributed by atoms with Gasteiger partial charge in [-0.25, -0.2) is 0 Å². The molecule has 0 aromatic heterocycles. The molecule has 2 nitrogen and oxygen atoms in total. The van der Waals surface area contributed by atoms with Crippen molar-refractivity contribution in [1.82, 2.24) is 0 Å². The van der Waals surface area contributed by atoms with Crippen LogP contribution in [-0.2, 0) is 17.0 Å².